The van der Waals surface area contributed by atoms with Gasteiger partial charge >= 0.3 is 0 Å². The topological polar surface area (TPSA) is 96.0 Å². The van der Waals surface area contributed by atoms with Gasteiger partial charge in [0.15, 0.2) is 0 Å². The van der Waals surface area contributed by atoms with Gasteiger partial charge in [0.1, 0.15) is 24.1 Å². The molecule has 46 heavy (non-hydrogen) atoms. The van der Waals surface area contributed by atoms with Crippen LogP contribution < -0.4 is 14.4 Å². The Hall–Kier alpha value is -4.05. The molecule has 0 aliphatic heterocycles. The number of carbonyl (C=O) groups excluding carboxylic acids is 2. The van der Waals surface area contributed by atoms with Crippen molar-refractivity contribution >= 4 is 50.7 Å². The molecule has 0 aliphatic carbocycles. The number of carbonyl (C=O) groups is 2. The molecule has 8 nitrogen and oxygen atoms in total. The van der Waals surface area contributed by atoms with E-state index < -0.39 is 28.5 Å². The van der Waals surface area contributed by atoms with Gasteiger partial charge < -0.3 is 15.0 Å². The number of rotatable bonds is 13. The fourth-order valence-corrected chi connectivity index (χ4v) is 6.69. The van der Waals surface area contributed by atoms with Crippen molar-refractivity contribution in [2.75, 3.05) is 10.8 Å². The number of aryl methyl sites for hydroxylation is 1. The Balaban J connectivity index is 1.74. The number of nitrogens with zero attached hydrogens (tertiary/aromatic N) is 2. The molecular formula is C35H37Cl2N3O5S. The quantitative estimate of drug-likeness (QED) is 0.157. The standard InChI is InChI=1S/C35H37Cl2N3O5S/c1-5-33(35(42)38-24(2)3)39(22-26-13-14-27(36)21-32(26)37)34(41)23-40(46(43,44)31-19-11-25(4)12-20-31)28-15-17-30(18-16-28)45-29-9-7-6-8-10-29/h6-21,24,33H,5,22-23H2,1-4H3,(H,38,42)/t33-/m0/s1. The van der Waals surface area contributed by atoms with E-state index in [9.17, 15) is 18.0 Å². The van der Waals surface area contributed by atoms with Gasteiger partial charge in [-0.1, -0.05) is 72.1 Å². The molecule has 4 aromatic rings. The van der Waals surface area contributed by atoms with E-state index in [-0.39, 0.29) is 35.5 Å². The number of hydrogen-bond donors (Lipinski definition) is 1. The molecular weight excluding hydrogens is 645 g/mol. The van der Waals surface area contributed by atoms with Crippen LogP contribution in [0.2, 0.25) is 10.0 Å². The Kier molecular flexibility index (Phi) is 11.7. The van der Waals surface area contributed by atoms with Gasteiger partial charge in [-0.3, -0.25) is 13.9 Å². The molecule has 0 heterocycles. The lowest BCUT2D eigenvalue weighted by molar-refractivity contribution is -0.140. The van der Waals surface area contributed by atoms with Gasteiger partial charge in [-0.2, -0.15) is 0 Å². The number of ether oxygens (including phenoxy) is 1. The largest absolute Gasteiger partial charge is 0.457 e. The lowest BCUT2D eigenvalue weighted by atomic mass is 10.1. The van der Waals surface area contributed by atoms with Gasteiger partial charge in [-0.25, -0.2) is 8.42 Å². The summed E-state index contributed by atoms with van der Waals surface area (Å²) >= 11 is 12.6. The van der Waals surface area contributed by atoms with E-state index in [1.165, 1.54) is 17.0 Å². The van der Waals surface area contributed by atoms with Crippen molar-refractivity contribution in [1.29, 1.82) is 0 Å². The molecule has 0 radical (unpaired) electrons. The summed E-state index contributed by atoms with van der Waals surface area (Å²) in [6.07, 6.45) is 0.283. The predicted molar refractivity (Wildman–Crippen MR) is 183 cm³/mol. The molecule has 1 atom stereocenters. The first-order valence-corrected chi connectivity index (χ1v) is 17.0. The zero-order chi connectivity index (χ0) is 33.4. The Morgan fingerprint density at radius 2 is 1.50 bits per heavy atom. The molecule has 0 aliphatic rings. The Bertz CT molecular complexity index is 1750. The summed E-state index contributed by atoms with van der Waals surface area (Å²) in [5, 5.41) is 3.62. The highest BCUT2D eigenvalue weighted by Gasteiger charge is 2.34. The van der Waals surface area contributed by atoms with Crippen LogP contribution in [0.3, 0.4) is 0 Å². The van der Waals surface area contributed by atoms with Crippen LogP contribution in [-0.2, 0) is 26.2 Å². The number of sulfonamides is 1. The molecule has 0 spiro atoms. The van der Waals surface area contributed by atoms with E-state index in [2.05, 4.69) is 5.32 Å². The molecule has 0 bridgehead atoms. The normalized spacial score (nSPS) is 12.0. The van der Waals surface area contributed by atoms with E-state index in [0.29, 0.717) is 27.1 Å². The first-order chi connectivity index (χ1) is 21.9. The second-order valence-electron chi connectivity index (χ2n) is 11.1. The van der Waals surface area contributed by atoms with Gasteiger partial charge in [0.2, 0.25) is 11.8 Å². The van der Waals surface area contributed by atoms with Crippen LogP contribution in [0.25, 0.3) is 0 Å². The van der Waals surface area contributed by atoms with Crippen LogP contribution in [0, 0.1) is 6.92 Å². The Morgan fingerprint density at radius 1 is 0.870 bits per heavy atom. The Morgan fingerprint density at radius 3 is 2.09 bits per heavy atom. The number of para-hydroxylation sites is 1. The van der Waals surface area contributed by atoms with Crippen LogP contribution in [0.15, 0.2) is 102 Å². The lowest BCUT2D eigenvalue weighted by Gasteiger charge is -2.33. The van der Waals surface area contributed by atoms with Crippen molar-refractivity contribution in [3.63, 3.8) is 0 Å². The first-order valence-electron chi connectivity index (χ1n) is 14.8. The van der Waals surface area contributed by atoms with Gasteiger partial charge in [0.05, 0.1) is 10.6 Å². The predicted octanol–water partition coefficient (Wildman–Crippen LogP) is 7.62. The van der Waals surface area contributed by atoms with Crippen molar-refractivity contribution in [3.8, 4) is 11.5 Å². The zero-order valence-electron chi connectivity index (χ0n) is 26.1. The number of halogens is 2. The molecule has 1 N–H and O–H groups in total. The van der Waals surface area contributed by atoms with Gasteiger partial charge in [-0.05, 0) is 93.4 Å². The van der Waals surface area contributed by atoms with Gasteiger partial charge in [0.25, 0.3) is 10.0 Å². The molecule has 11 heteroatoms. The summed E-state index contributed by atoms with van der Waals surface area (Å²) in [4.78, 5) is 29.0. The minimum Gasteiger partial charge on any atom is -0.457 e. The first kappa shape index (κ1) is 34.8. The lowest BCUT2D eigenvalue weighted by Crippen LogP contribution is -2.53. The second kappa shape index (κ2) is 15.5. The molecule has 0 aromatic heterocycles. The van der Waals surface area contributed by atoms with E-state index >= 15 is 0 Å². The van der Waals surface area contributed by atoms with Crippen molar-refractivity contribution < 1.29 is 22.7 Å². The maximum atomic E-state index is 14.3. The van der Waals surface area contributed by atoms with Gasteiger partial charge in [0, 0.05) is 22.6 Å². The summed E-state index contributed by atoms with van der Waals surface area (Å²) < 4.78 is 35.3. The smallest absolute Gasteiger partial charge is 0.264 e. The van der Waals surface area contributed by atoms with Crippen LogP contribution in [0.4, 0.5) is 5.69 Å². The summed E-state index contributed by atoms with van der Waals surface area (Å²) in [7, 11) is -4.23. The second-order valence-corrected chi connectivity index (χ2v) is 13.8. The third kappa shape index (κ3) is 8.81. The molecule has 4 aromatic carbocycles. The van der Waals surface area contributed by atoms with Crippen molar-refractivity contribution in [3.05, 3.63) is 118 Å². The van der Waals surface area contributed by atoms with E-state index in [1.54, 1.807) is 61.5 Å². The van der Waals surface area contributed by atoms with Crippen LogP contribution in [-0.4, -0.2) is 43.8 Å². The molecule has 0 fully saturated rings. The maximum Gasteiger partial charge on any atom is 0.264 e. The van der Waals surface area contributed by atoms with E-state index in [4.69, 9.17) is 27.9 Å². The van der Waals surface area contributed by atoms with Crippen LogP contribution >= 0.6 is 23.2 Å². The average molecular weight is 683 g/mol. The highest BCUT2D eigenvalue weighted by Crippen LogP contribution is 2.29. The monoisotopic (exact) mass is 681 g/mol. The fraction of sp³-hybridized carbons (Fsp3) is 0.257. The van der Waals surface area contributed by atoms with E-state index in [1.807, 2.05) is 51.1 Å². The zero-order valence-corrected chi connectivity index (χ0v) is 28.4. The molecule has 2 amide bonds. The number of anilines is 1. The highest BCUT2D eigenvalue weighted by atomic mass is 35.5. The van der Waals surface area contributed by atoms with Crippen molar-refractivity contribution in [2.24, 2.45) is 0 Å². The summed E-state index contributed by atoms with van der Waals surface area (Å²) in [6.45, 7) is 6.69. The number of benzene rings is 4. The molecule has 0 unspecified atom stereocenters. The van der Waals surface area contributed by atoms with E-state index in [0.717, 1.165) is 9.87 Å². The number of nitrogens with one attached hydrogen (secondary N) is 1. The summed E-state index contributed by atoms with van der Waals surface area (Å²) in [5.41, 5.74) is 1.70. The molecule has 0 saturated carbocycles. The van der Waals surface area contributed by atoms with Crippen LogP contribution in [0.5, 0.6) is 11.5 Å². The fourth-order valence-electron chi connectivity index (χ4n) is 4.80. The summed E-state index contributed by atoms with van der Waals surface area (Å²) in [6, 6.07) is 25.9. The van der Waals surface area contributed by atoms with Crippen molar-refractivity contribution in [2.45, 2.75) is 57.6 Å². The third-order valence-electron chi connectivity index (χ3n) is 7.16. The minimum absolute atomic E-state index is 0.0207. The minimum atomic E-state index is -4.23. The molecule has 4 rings (SSSR count). The van der Waals surface area contributed by atoms with Crippen LogP contribution in [0.1, 0.15) is 38.3 Å². The highest BCUT2D eigenvalue weighted by molar-refractivity contribution is 7.92. The van der Waals surface area contributed by atoms with Crippen molar-refractivity contribution in [1.82, 2.24) is 10.2 Å². The third-order valence-corrected chi connectivity index (χ3v) is 9.54. The Labute approximate surface area is 280 Å². The maximum absolute atomic E-state index is 14.3. The summed E-state index contributed by atoms with van der Waals surface area (Å²) in [5.74, 6) is 0.170. The molecule has 242 valence electrons. The SMILES string of the molecule is CC[C@@H](C(=O)NC(C)C)N(Cc1ccc(Cl)cc1Cl)C(=O)CN(c1ccc(Oc2ccccc2)cc1)S(=O)(=O)c1ccc(C)cc1. The number of hydrogen-bond acceptors (Lipinski definition) is 5. The average Bonchev–Trinajstić information content (AvgIpc) is 3.01. The van der Waals surface area contributed by atoms with Gasteiger partial charge in [-0.15, -0.1) is 0 Å². The molecule has 0 saturated heterocycles. The number of amides is 2.